The first-order valence-electron chi connectivity index (χ1n) is 6.23. The molecule has 0 radical (unpaired) electrons. The van der Waals surface area contributed by atoms with Crippen molar-refractivity contribution >= 4 is 5.91 Å². The zero-order valence-electron chi connectivity index (χ0n) is 11.2. The lowest BCUT2D eigenvalue weighted by atomic mass is 10.0. The van der Waals surface area contributed by atoms with E-state index in [1.54, 1.807) is 23.1 Å². The molecule has 4 nitrogen and oxygen atoms in total. The smallest absolute Gasteiger partial charge is 0.257 e. The second kappa shape index (κ2) is 4.61. The van der Waals surface area contributed by atoms with Gasteiger partial charge in [-0.05, 0) is 32.9 Å². The first-order valence-corrected chi connectivity index (χ1v) is 6.23. The van der Waals surface area contributed by atoms with Crippen LogP contribution in [0, 0.1) is 6.92 Å². The number of benzene rings is 1. The minimum absolute atomic E-state index is 0.0574. The molecule has 1 fully saturated rings. The number of aryl methyl sites for hydroxylation is 1. The van der Waals surface area contributed by atoms with Crippen molar-refractivity contribution in [3.63, 3.8) is 0 Å². The molecule has 1 aliphatic heterocycles. The normalized spacial score (nSPS) is 18.7. The van der Waals surface area contributed by atoms with E-state index in [4.69, 9.17) is 0 Å². The Bertz CT molecular complexity index is 469. The van der Waals surface area contributed by atoms with Crippen LogP contribution in [-0.2, 0) is 0 Å². The number of piperazine rings is 1. The van der Waals surface area contributed by atoms with E-state index in [9.17, 15) is 9.90 Å². The molecule has 0 bridgehead atoms. The summed E-state index contributed by atoms with van der Waals surface area (Å²) in [5.41, 5.74) is 1.30. The summed E-state index contributed by atoms with van der Waals surface area (Å²) in [4.78, 5) is 14.2. The summed E-state index contributed by atoms with van der Waals surface area (Å²) in [6.45, 7) is 8.17. The molecule has 0 unspecified atom stereocenters. The van der Waals surface area contributed by atoms with Gasteiger partial charge in [0, 0.05) is 25.2 Å². The standard InChI is InChI=1S/C14H20N2O2/c1-10-4-5-12(17)11(8-10)13(18)16-7-6-15-14(2,3)9-16/h4-5,8,15,17H,6-7,9H2,1-3H3. The van der Waals surface area contributed by atoms with Crippen molar-refractivity contribution in [2.24, 2.45) is 0 Å². The summed E-state index contributed by atoms with van der Waals surface area (Å²) < 4.78 is 0. The van der Waals surface area contributed by atoms with Gasteiger partial charge in [-0.1, -0.05) is 11.6 Å². The molecule has 0 spiro atoms. The number of carbonyl (C=O) groups excluding carboxylic acids is 1. The zero-order chi connectivity index (χ0) is 13.3. The van der Waals surface area contributed by atoms with Gasteiger partial charge in [0.15, 0.2) is 0 Å². The molecule has 2 N–H and O–H groups in total. The topological polar surface area (TPSA) is 52.6 Å². The van der Waals surface area contributed by atoms with Gasteiger partial charge >= 0.3 is 0 Å². The first-order chi connectivity index (χ1) is 8.39. The average Bonchev–Trinajstić information content (AvgIpc) is 2.30. The molecule has 1 amide bonds. The molecule has 0 aromatic heterocycles. The Morgan fingerprint density at radius 1 is 1.44 bits per heavy atom. The van der Waals surface area contributed by atoms with E-state index in [0.717, 1.165) is 12.1 Å². The van der Waals surface area contributed by atoms with Crippen LogP contribution in [0.4, 0.5) is 0 Å². The second-order valence-electron chi connectivity index (χ2n) is 5.56. The fourth-order valence-corrected chi connectivity index (χ4v) is 2.31. The maximum atomic E-state index is 12.4. The molecule has 0 aliphatic carbocycles. The van der Waals surface area contributed by atoms with Crippen LogP contribution in [0.25, 0.3) is 0 Å². The quantitative estimate of drug-likeness (QED) is 0.792. The molecular formula is C14H20N2O2. The molecule has 4 heteroatoms. The van der Waals surface area contributed by atoms with E-state index < -0.39 is 0 Å². The van der Waals surface area contributed by atoms with Crippen molar-refractivity contribution in [3.8, 4) is 5.75 Å². The summed E-state index contributed by atoms with van der Waals surface area (Å²) in [7, 11) is 0. The van der Waals surface area contributed by atoms with Crippen molar-refractivity contribution in [2.45, 2.75) is 26.3 Å². The molecule has 1 aromatic rings. The number of amides is 1. The summed E-state index contributed by atoms with van der Waals surface area (Å²) in [5, 5.41) is 13.2. The van der Waals surface area contributed by atoms with Crippen LogP contribution in [0.1, 0.15) is 29.8 Å². The summed E-state index contributed by atoms with van der Waals surface area (Å²) in [6.07, 6.45) is 0. The lowest BCUT2D eigenvalue weighted by Crippen LogP contribution is -2.58. The Morgan fingerprint density at radius 3 is 2.83 bits per heavy atom. The highest BCUT2D eigenvalue weighted by atomic mass is 16.3. The Hall–Kier alpha value is -1.55. The molecule has 0 atom stereocenters. The number of phenols is 1. The monoisotopic (exact) mass is 248 g/mol. The highest BCUT2D eigenvalue weighted by Gasteiger charge is 2.29. The van der Waals surface area contributed by atoms with Gasteiger partial charge < -0.3 is 15.3 Å². The van der Waals surface area contributed by atoms with Crippen molar-refractivity contribution in [1.29, 1.82) is 0 Å². The van der Waals surface area contributed by atoms with E-state index >= 15 is 0 Å². The summed E-state index contributed by atoms with van der Waals surface area (Å²) >= 11 is 0. The van der Waals surface area contributed by atoms with E-state index in [1.807, 2.05) is 6.92 Å². The van der Waals surface area contributed by atoms with Crippen LogP contribution < -0.4 is 5.32 Å². The van der Waals surface area contributed by atoms with Gasteiger partial charge in [0.25, 0.3) is 5.91 Å². The third-order valence-electron chi connectivity index (χ3n) is 3.24. The molecule has 1 saturated heterocycles. The van der Waals surface area contributed by atoms with Crippen LogP contribution in [0.2, 0.25) is 0 Å². The van der Waals surface area contributed by atoms with Crippen LogP contribution in [0.15, 0.2) is 18.2 Å². The molecular weight excluding hydrogens is 228 g/mol. The van der Waals surface area contributed by atoms with E-state index in [1.165, 1.54) is 0 Å². The number of carbonyl (C=O) groups is 1. The van der Waals surface area contributed by atoms with Gasteiger partial charge in [-0.25, -0.2) is 0 Å². The van der Waals surface area contributed by atoms with E-state index in [2.05, 4.69) is 19.2 Å². The Kier molecular flexibility index (Phi) is 3.30. The molecule has 1 aromatic carbocycles. The van der Waals surface area contributed by atoms with Gasteiger partial charge in [-0.2, -0.15) is 0 Å². The molecule has 1 heterocycles. The third-order valence-corrected chi connectivity index (χ3v) is 3.24. The Morgan fingerprint density at radius 2 is 2.17 bits per heavy atom. The average molecular weight is 248 g/mol. The maximum absolute atomic E-state index is 12.4. The summed E-state index contributed by atoms with van der Waals surface area (Å²) in [5.74, 6) is -0.0345. The predicted octanol–water partition coefficient (Wildman–Crippen LogP) is 1.52. The highest BCUT2D eigenvalue weighted by Crippen LogP contribution is 2.22. The lowest BCUT2D eigenvalue weighted by molar-refractivity contribution is 0.0649. The van der Waals surface area contributed by atoms with Crippen LogP contribution in [0.5, 0.6) is 5.75 Å². The van der Waals surface area contributed by atoms with E-state index in [0.29, 0.717) is 18.7 Å². The number of hydrogen-bond acceptors (Lipinski definition) is 3. The molecule has 18 heavy (non-hydrogen) atoms. The van der Waals surface area contributed by atoms with Gasteiger partial charge in [0.05, 0.1) is 5.56 Å². The number of phenolic OH excluding ortho intramolecular Hbond substituents is 1. The van der Waals surface area contributed by atoms with Crippen LogP contribution >= 0.6 is 0 Å². The van der Waals surface area contributed by atoms with E-state index in [-0.39, 0.29) is 17.2 Å². The predicted molar refractivity (Wildman–Crippen MR) is 70.8 cm³/mol. The van der Waals surface area contributed by atoms with Gasteiger partial charge in [0.2, 0.25) is 0 Å². The second-order valence-corrected chi connectivity index (χ2v) is 5.56. The molecule has 1 aliphatic rings. The first kappa shape index (κ1) is 12.9. The van der Waals surface area contributed by atoms with Crippen LogP contribution in [0.3, 0.4) is 0 Å². The fraction of sp³-hybridized carbons (Fsp3) is 0.500. The number of nitrogens with one attached hydrogen (secondary N) is 1. The van der Waals surface area contributed by atoms with Gasteiger partial charge in [-0.3, -0.25) is 4.79 Å². The number of aromatic hydroxyl groups is 1. The largest absolute Gasteiger partial charge is 0.507 e. The van der Waals surface area contributed by atoms with Crippen LogP contribution in [-0.4, -0.2) is 41.1 Å². The Balaban J connectivity index is 2.23. The lowest BCUT2D eigenvalue weighted by Gasteiger charge is -2.39. The van der Waals surface area contributed by atoms with Crippen molar-refractivity contribution in [2.75, 3.05) is 19.6 Å². The summed E-state index contributed by atoms with van der Waals surface area (Å²) in [6, 6.07) is 5.12. The number of nitrogens with zero attached hydrogens (tertiary/aromatic N) is 1. The molecule has 2 rings (SSSR count). The van der Waals surface area contributed by atoms with Crippen molar-refractivity contribution < 1.29 is 9.90 Å². The molecule has 0 saturated carbocycles. The molecule has 98 valence electrons. The van der Waals surface area contributed by atoms with Gasteiger partial charge in [-0.15, -0.1) is 0 Å². The third kappa shape index (κ3) is 2.64. The SMILES string of the molecule is Cc1ccc(O)c(C(=O)N2CCNC(C)(C)C2)c1. The fourth-order valence-electron chi connectivity index (χ4n) is 2.31. The van der Waals surface area contributed by atoms with Gasteiger partial charge in [0.1, 0.15) is 5.75 Å². The Labute approximate surface area is 108 Å². The number of rotatable bonds is 1. The van der Waals surface area contributed by atoms with Crippen molar-refractivity contribution in [3.05, 3.63) is 29.3 Å². The minimum Gasteiger partial charge on any atom is -0.507 e. The minimum atomic E-state index is -0.0919. The van der Waals surface area contributed by atoms with Crippen molar-refractivity contribution in [1.82, 2.24) is 10.2 Å². The number of hydrogen-bond donors (Lipinski definition) is 2. The maximum Gasteiger partial charge on any atom is 0.257 e. The zero-order valence-corrected chi connectivity index (χ0v) is 11.2. The highest BCUT2D eigenvalue weighted by molar-refractivity contribution is 5.97.